The highest BCUT2D eigenvalue weighted by molar-refractivity contribution is 5.86. The van der Waals surface area contributed by atoms with Gasteiger partial charge < -0.3 is 9.64 Å². The average Bonchev–Trinajstić information content (AvgIpc) is 3.42. The SMILES string of the molecule is c1ccc(-c2nnc(-c3ccc(N4c5ccccc5Oc5ccccc54)cc3)n2-c2ccccc2)cc1. The zero-order valence-electron chi connectivity index (χ0n) is 19.9. The summed E-state index contributed by atoms with van der Waals surface area (Å²) in [5.41, 5.74) is 6.07. The van der Waals surface area contributed by atoms with Crippen LogP contribution < -0.4 is 9.64 Å². The van der Waals surface area contributed by atoms with Crippen molar-refractivity contribution in [2.75, 3.05) is 4.90 Å². The van der Waals surface area contributed by atoms with Gasteiger partial charge in [0.15, 0.2) is 23.1 Å². The molecule has 176 valence electrons. The number of nitrogens with zero attached hydrogens (tertiary/aromatic N) is 4. The highest BCUT2D eigenvalue weighted by Crippen LogP contribution is 2.50. The van der Waals surface area contributed by atoms with E-state index in [1.165, 1.54) is 0 Å². The molecule has 5 nitrogen and oxygen atoms in total. The summed E-state index contributed by atoms with van der Waals surface area (Å²) >= 11 is 0. The maximum atomic E-state index is 6.17. The average molecular weight is 479 g/mol. The minimum absolute atomic E-state index is 0.791. The molecule has 2 heterocycles. The van der Waals surface area contributed by atoms with Crippen LogP contribution in [0.1, 0.15) is 0 Å². The molecule has 0 radical (unpaired) electrons. The van der Waals surface area contributed by atoms with E-state index < -0.39 is 0 Å². The molecule has 37 heavy (non-hydrogen) atoms. The molecule has 5 aromatic carbocycles. The van der Waals surface area contributed by atoms with E-state index >= 15 is 0 Å². The highest BCUT2D eigenvalue weighted by atomic mass is 16.5. The van der Waals surface area contributed by atoms with Crippen LogP contribution >= 0.6 is 0 Å². The summed E-state index contributed by atoms with van der Waals surface area (Å²) in [7, 11) is 0. The first-order valence-electron chi connectivity index (χ1n) is 12.2. The molecule has 0 atom stereocenters. The van der Waals surface area contributed by atoms with E-state index in [1.54, 1.807) is 0 Å². The Labute approximate surface area is 214 Å². The van der Waals surface area contributed by atoms with Gasteiger partial charge in [0.05, 0.1) is 11.4 Å². The topological polar surface area (TPSA) is 43.2 Å². The van der Waals surface area contributed by atoms with Crippen LogP contribution in [-0.2, 0) is 0 Å². The van der Waals surface area contributed by atoms with Gasteiger partial charge in [-0.1, -0.05) is 72.8 Å². The van der Waals surface area contributed by atoms with Crippen LogP contribution in [0.4, 0.5) is 17.1 Å². The van der Waals surface area contributed by atoms with Crippen molar-refractivity contribution < 1.29 is 4.74 Å². The van der Waals surface area contributed by atoms with E-state index in [0.717, 1.165) is 57.0 Å². The van der Waals surface area contributed by atoms with Gasteiger partial charge in [0.25, 0.3) is 0 Å². The number of benzene rings is 5. The number of hydrogen-bond donors (Lipinski definition) is 0. The van der Waals surface area contributed by atoms with Crippen LogP contribution in [0.15, 0.2) is 133 Å². The zero-order chi connectivity index (χ0) is 24.6. The molecular formula is C32H22N4O. The third-order valence-corrected chi connectivity index (χ3v) is 6.53. The first-order valence-corrected chi connectivity index (χ1v) is 12.2. The number of hydrogen-bond acceptors (Lipinski definition) is 4. The normalized spacial score (nSPS) is 11.9. The van der Waals surface area contributed by atoms with Gasteiger partial charge in [-0.3, -0.25) is 4.57 Å². The first kappa shape index (κ1) is 21.1. The number of rotatable bonds is 4. The smallest absolute Gasteiger partial charge is 0.168 e. The predicted molar refractivity (Wildman–Crippen MR) is 147 cm³/mol. The monoisotopic (exact) mass is 478 g/mol. The van der Waals surface area contributed by atoms with Gasteiger partial charge in [-0.2, -0.15) is 0 Å². The Hall–Kier alpha value is -5.16. The fraction of sp³-hybridized carbons (Fsp3) is 0. The Morgan fingerprint density at radius 2 is 0.919 bits per heavy atom. The molecule has 1 aromatic heterocycles. The molecule has 1 aliphatic heterocycles. The third kappa shape index (κ3) is 3.65. The van der Waals surface area contributed by atoms with Crippen molar-refractivity contribution >= 4 is 17.1 Å². The van der Waals surface area contributed by atoms with Crippen molar-refractivity contribution in [1.82, 2.24) is 14.8 Å². The number of anilines is 3. The molecule has 0 fully saturated rings. The highest BCUT2D eigenvalue weighted by Gasteiger charge is 2.25. The second-order valence-corrected chi connectivity index (χ2v) is 8.80. The van der Waals surface area contributed by atoms with Gasteiger partial charge in [0.1, 0.15) is 0 Å². The summed E-state index contributed by atoms with van der Waals surface area (Å²) in [6.07, 6.45) is 0. The molecule has 0 unspecified atom stereocenters. The van der Waals surface area contributed by atoms with Crippen LogP contribution in [0.25, 0.3) is 28.5 Å². The van der Waals surface area contributed by atoms with Crippen molar-refractivity contribution in [3.05, 3.63) is 133 Å². The molecule has 0 N–H and O–H groups in total. The van der Waals surface area contributed by atoms with Gasteiger partial charge in [-0.15, -0.1) is 10.2 Å². The van der Waals surface area contributed by atoms with Crippen molar-refractivity contribution in [3.63, 3.8) is 0 Å². The zero-order valence-corrected chi connectivity index (χ0v) is 19.9. The van der Waals surface area contributed by atoms with Gasteiger partial charge in [0, 0.05) is 22.5 Å². The van der Waals surface area contributed by atoms with Gasteiger partial charge in [0.2, 0.25) is 0 Å². The first-order chi connectivity index (χ1) is 18.4. The van der Waals surface area contributed by atoms with E-state index in [-0.39, 0.29) is 0 Å². The van der Waals surface area contributed by atoms with Gasteiger partial charge in [-0.25, -0.2) is 0 Å². The van der Waals surface area contributed by atoms with Crippen molar-refractivity contribution in [2.45, 2.75) is 0 Å². The molecule has 1 aliphatic rings. The molecule has 7 rings (SSSR count). The Balaban J connectivity index is 1.34. The standard InChI is InChI=1S/C32H22N4O/c1-3-11-23(12-4-1)31-33-34-32(36(31)25-13-5-2-6-14-25)24-19-21-26(22-20-24)35-27-15-7-9-17-29(27)37-30-18-10-8-16-28(30)35/h1-22H. The van der Waals surface area contributed by atoms with E-state index in [0.29, 0.717) is 0 Å². The molecule has 0 amide bonds. The lowest BCUT2D eigenvalue weighted by Crippen LogP contribution is -2.15. The Morgan fingerprint density at radius 1 is 0.432 bits per heavy atom. The molecule has 6 aromatic rings. The molecule has 0 saturated carbocycles. The molecule has 0 bridgehead atoms. The van der Waals surface area contributed by atoms with E-state index in [9.17, 15) is 0 Å². The number of ether oxygens (including phenoxy) is 1. The lowest BCUT2D eigenvalue weighted by molar-refractivity contribution is 0.477. The van der Waals surface area contributed by atoms with Gasteiger partial charge in [-0.05, 0) is 60.7 Å². The number of fused-ring (bicyclic) bond motifs is 2. The van der Waals surface area contributed by atoms with E-state index in [2.05, 4.69) is 80.3 Å². The fourth-order valence-electron chi connectivity index (χ4n) is 4.81. The summed E-state index contributed by atoms with van der Waals surface area (Å²) in [6.45, 7) is 0. The van der Waals surface area contributed by atoms with Crippen LogP contribution in [0, 0.1) is 0 Å². The van der Waals surface area contributed by atoms with Crippen molar-refractivity contribution in [3.8, 4) is 40.0 Å². The maximum Gasteiger partial charge on any atom is 0.168 e. The van der Waals surface area contributed by atoms with Crippen molar-refractivity contribution in [1.29, 1.82) is 0 Å². The number of para-hydroxylation sites is 5. The van der Waals surface area contributed by atoms with Crippen LogP contribution in [0.2, 0.25) is 0 Å². The lowest BCUT2D eigenvalue weighted by Gasteiger charge is -2.32. The summed E-state index contributed by atoms with van der Waals surface area (Å²) in [4.78, 5) is 2.23. The van der Waals surface area contributed by atoms with Gasteiger partial charge >= 0.3 is 0 Å². The van der Waals surface area contributed by atoms with Crippen LogP contribution in [0.3, 0.4) is 0 Å². The van der Waals surface area contributed by atoms with Crippen molar-refractivity contribution in [2.24, 2.45) is 0 Å². The Kier molecular flexibility index (Phi) is 5.03. The predicted octanol–water partition coefficient (Wildman–Crippen LogP) is 8.18. The Morgan fingerprint density at radius 3 is 1.51 bits per heavy atom. The Bertz CT molecular complexity index is 1650. The number of aromatic nitrogens is 3. The molecule has 0 aliphatic carbocycles. The summed E-state index contributed by atoms with van der Waals surface area (Å²) in [6, 6.07) is 45.1. The summed E-state index contributed by atoms with van der Waals surface area (Å²) in [5.74, 6) is 3.27. The van der Waals surface area contributed by atoms with Crippen LogP contribution in [-0.4, -0.2) is 14.8 Å². The quantitative estimate of drug-likeness (QED) is 0.256. The summed E-state index contributed by atoms with van der Waals surface area (Å²) in [5, 5.41) is 9.23. The minimum Gasteiger partial charge on any atom is -0.453 e. The molecular weight excluding hydrogens is 456 g/mol. The maximum absolute atomic E-state index is 6.17. The second-order valence-electron chi connectivity index (χ2n) is 8.80. The third-order valence-electron chi connectivity index (χ3n) is 6.53. The van der Waals surface area contributed by atoms with Crippen LogP contribution in [0.5, 0.6) is 11.5 Å². The summed E-state index contributed by atoms with van der Waals surface area (Å²) < 4.78 is 8.28. The molecule has 5 heteroatoms. The molecule has 0 saturated heterocycles. The fourth-order valence-corrected chi connectivity index (χ4v) is 4.81. The lowest BCUT2D eigenvalue weighted by atomic mass is 10.1. The minimum atomic E-state index is 0.791. The van der Waals surface area contributed by atoms with E-state index in [4.69, 9.17) is 4.74 Å². The molecule has 0 spiro atoms. The van der Waals surface area contributed by atoms with E-state index in [1.807, 2.05) is 72.8 Å². The second kappa shape index (κ2) is 8.81. The largest absolute Gasteiger partial charge is 0.453 e.